The molecule has 3 rings (SSSR count). The fourth-order valence-electron chi connectivity index (χ4n) is 4.46. The van der Waals surface area contributed by atoms with E-state index in [2.05, 4.69) is 12.1 Å². The van der Waals surface area contributed by atoms with Crippen LogP contribution in [0, 0.1) is 0 Å². The van der Waals surface area contributed by atoms with Gasteiger partial charge in [0.05, 0.1) is 18.8 Å². The molecule has 0 spiro atoms. The number of hydrogen-bond acceptors (Lipinski definition) is 4. The molecule has 1 saturated heterocycles. The summed E-state index contributed by atoms with van der Waals surface area (Å²) in [6.45, 7) is 3.00. The van der Waals surface area contributed by atoms with Crippen LogP contribution in [-0.4, -0.2) is 47.2 Å². The lowest BCUT2D eigenvalue weighted by Crippen LogP contribution is -2.33. The Hall–Kier alpha value is -2.14. The van der Waals surface area contributed by atoms with Gasteiger partial charge in [-0.25, -0.2) is 0 Å². The molecule has 1 aliphatic carbocycles. The first kappa shape index (κ1) is 22.5. The second-order valence-corrected chi connectivity index (χ2v) is 8.51. The summed E-state index contributed by atoms with van der Waals surface area (Å²) < 4.78 is 4.94. The van der Waals surface area contributed by atoms with Gasteiger partial charge in [-0.15, -0.1) is 0 Å². The molecule has 1 aromatic rings. The molecule has 1 aromatic carbocycles. The van der Waals surface area contributed by atoms with Gasteiger partial charge in [0.15, 0.2) is 0 Å². The number of carbonyl (C=O) groups is 2. The minimum Gasteiger partial charge on any atom is -0.466 e. The third kappa shape index (κ3) is 5.72. The Labute approximate surface area is 180 Å². The molecule has 1 amide bonds. The molecular formula is C25H35NO4. The third-order valence-electron chi connectivity index (χ3n) is 6.43. The Morgan fingerprint density at radius 3 is 2.67 bits per heavy atom. The highest BCUT2D eigenvalue weighted by Gasteiger charge is 2.49. The minimum absolute atomic E-state index is 0.0817. The Bertz CT molecular complexity index is 726. The van der Waals surface area contributed by atoms with Crippen molar-refractivity contribution < 1.29 is 19.4 Å². The summed E-state index contributed by atoms with van der Waals surface area (Å²) in [5.41, 5.74) is 1.05. The maximum absolute atomic E-state index is 12.3. The van der Waals surface area contributed by atoms with Crippen LogP contribution in [0.3, 0.4) is 0 Å². The second-order valence-electron chi connectivity index (χ2n) is 8.51. The highest BCUT2D eigenvalue weighted by molar-refractivity contribution is 5.79. The fraction of sp³-hybridized carbons (Fsp3) is 0.600. The average molecular weight is 414 g/mol. The molecule has 2 fully saturated rings. The van der Waals surface area contributed by atoms with Crippen molar-refractivity contribution in [2.24, 2.45) is 0 Å². The van der Waals surface area contributed by atoms with Crippen LogP contribution < -0.4 is 0 Å². The van der Waals surface area contributed by atoms with Gasteiger partial charge in [-0.05, 0) is 44.6 Å². The quantitative estimate of drug-likeness (QED) is 0.318. The Morgan fingerprint density at radius 1 is 1.23 bits per heavy atom. The number of carbonyl (C=O) groups excluding carboxylic acids is 2. The van der Waals surface area contributed by atoms with Gasteiger partial charge in [0.2, 0.25) is 5.91 Å². The first-order valence-corrected chi connectivity index (χ1v) is 11.4. The van der Waals surface area contributed by atoms with E-state index in [1.807, 2.05) is 42.2 Å². The van der Waals surface area contributed by atoms with E-state index in [9.17, 15) is 14.7 Å². The van der Waals surface area contributed by atoms with Crippen molar-refractivity contribution in [1.29, 1.82) is 0 Å². The van der Waals surface area contributed by atoms with Crippen molar-refractivity contribution in [3.05, 3.63) is 48.0 Å². The summed E-state index contributed by atoms with van der Waals surface area (Å²) in [4.78, 5) is 25.6. The van der Waals surface area contributed by atoms with E-state index in [0.29, 0.717) is 19.4 Å². The highest BCUT2D eigenvalue weighted by Crippen LogP contribution is 2.51. The van der Waals surface area contributed by atoms with Crippen LogP contribution in [0.2, 0.25) is 0 Å². The van der Waals surface area contributed by atoms with Crippen LogP contribution in [0.15, 0.2) is 42.5 Å². The molecule has 1 aliphatic heterocycles. The number of ether oxygens (including phenoxy) is 1. The molecule has 30 heavy (non-hydrogen) atoms. The number of unbranched alkanes of at least 4 members (excludes halogenated alkanes) is 3. The SMILES string of the molecule is CCOC(=O)CCCCCCN1C(=O)CC[C@@H]1C=CC(O)C1(c2ccccc2)CC1. The molecule has 2 atom stereocenters. The molecular weight excluding hydrogens is 378 g/mol. The van der Waals surface area contributed by atoms with Crippen molar-refractivity contribution in [2.45, 2.75) is 82.3 Å². The number of rotatable bonds is 12. The average Bonchev–Trinajstić information content (AvgIpc) is 3.49. The van der Waals surface area contributed by atoms with Gasteiger partial charge in [0, 0.05) is 24.8 Å². The highest BCUT2D eigenvalue weighted by atomic mass is 16.5. The van der Waals surface area contributed by atoms with E-state index in [1.54, 1.807) is 0 Å². The summed E-state index contributed by atoms with van der Waals surface area (Å²) in [5, 5.41) is 10.8. The molecule has 164 valence electrons. The number of amides is 1. The molecule has 0 radical (unpaired) electrons. The number of aliphatic hydroxyl groups is 1. The number of aliphatic hydroxyl groups excluding tert-OH is 1. The van der Waals surface area contributed by atoms with Crippen LogP contribution in [0.4, 0.5) is 0 Å². The Balaban J connectivity index is 1.44. The summed E-state index contributed by atoms with van der Waals surface area (Å²) in [6.07, 6.45) is 11.1. The third-order valence-corrected chi connectivity index (χ3v) is 6.43. The summed E-state index contributed by atoms with van der Waals surface area (Å²) in [7, 11) is 0. The second kappa shape index (κ2) is 10.8. The lowest BCUT2D eigenvalue weighted by molar-refractivity contribution is -0.143. The standard InChI is InChI=1S/C25H35NO4/c1-2-30-24(29)12-8-3-4-9-19-26-21(14-16-23(26)28)13-15-22(27)25(17-18-25)20-10-6-5-7-11-20/h5-7,10-11,13,15,21-22,27H,2-4,8-9,12,14,16-19H2,1H3/t21-,22?/m0/s1. The predicted octanol–water partition coefficient (Wildman–Crippen LogP) is 4.14. The normalized spacial score (nSPS) is 21.2. The first-order valence-electron chi connectivity index (χ1n) is 11.4. The number of nitrogens with zero attached hydrogens (tertiary/aromatic N) is 1. The van der Waals surface area contributed by atoms with Crippen molar-refractivity contribution in [3.8, 4) is 0 Å². The maximum atomic E-state index is 12.3. The Morgan fingerprint density at radius 2 is 1.97 bits per heavy atom. The zero-order chi connectivity index (χ0) is 21.4. The van der Waals surface area contributed by atoms with Crippen LogP contribution in [0.25, 0.3) is 0 Å². The fourth-order valence-corrected chi connectivity index (χ4v) is 4.46. The molecule has 1 unspecified atom stereocenters. The van der Waals surface area contributed by atoms with Crippen LogP contribution in [-0.2, 0) is 19.7 Å². The molecule has 1 saturated carbocycles. The van der Waals surface area contributed by atoms with Crippen molar-refractivity contribution in [3.63, 3.8) is 0 Å². The van der Waals surface area contributed by atoms with E-state index in [4.69, 9.17) is 4.74 Å². The van der Waals surface area contributed by atoms with Crippen LogP contribution >= 0.6 is 0 Å². The van der Waals surface area contributed by atoms with Crippen LogP contribution in [0.1, 0.15) is 70.3 Å². The molecule has 1 heterocycles. The van der Waals surface area contributed by atoms with Gasteiger partial charge in [-0.1, -0.05) is 55.3 Å². The lowest BCUT2D eigenvalue weighted by atomic mass is 9.89. The van der Waals surface area contributed by atoms with Crippen molar-refractivity contribution in [1.82, 2.24) is 4.90 Å². The van der Waals surface area contributed by atoms with E-state index < -0.39 is 6.10 Å². The van der Waals surface area contributed by atoms with E-state index >= 15 is 0 Å². The first-order chi connectivity index (χ1) is 14.6. The monoisotopic (exact) mass is 413 g/mol. The van der Waals surface area contributed by atoms with E-state index in [-0.39, 0.29) is 23.3 Å². The number of benzene rings is 1. The van der Waals surface area contributed by atoms with Gasteiger partial charge in [0.25, 0.3) is 0 Å². The summed E-state index contributed by atoms with van der Waals surface area (Å²) in [5.74, 6) is 0.0785. The zero-order valence-electron chi connectivity index (χ0n) is 18.1. The van der Waals surface area contributed by atoms with Gasteiger partial charge in [-0.2, -0.15) is 0 Å². The number of hydrogen-bond donors (Lipinski definition) is 1. The Kier molecular flexibility index (Phi) is 8.08. The number of esters is 1. The van der Waals surface area contributed by atoms with Gasteiger partial charge >= 0.3 is 5.97 Å². The molecule has 0 aromatic heterocycles. The van der Waals surface area contributed by atoms with Crippen molar-refractivity contribution >= 4 is 11.9 Å². The lowest BCUT2D eigenvalue weighted by Gasteiger charge is -2.24. The summed E-state index contributed by atoms with van der Waals surface area (Å²) in [6, 6.07) is 10.3. The van der Waals surface area contributed by atoms with E-state index in [0.717, 1.165) is 51.5 Å². The van der Waals surface area contributed by atoms with Crippen molar-refractivity contribution in [2.75, 3.05) is 13.2 Å². The zero-order valence-corrected chi connectivity index (χ0v) is 18.1. The van der Waals surface area contributed by atoms with Gasteiger partial charge in [0.1, 0.15) is 0 Å². The largest absolute Gasteiger partial charge is 0.466 e. The smallest absolute Gasteiger partial charge is 0.305 e. The van der Waals surface area contributed by atoms with Crippen LogP contribution in [0.5, 0.6) is 0 Å². The minimum atomic E-state index is -0.514. The van der Waals surface area contributed by atoms with E-state index in [1.165, 1.54) is 5.56 Å². The number of likely N-dealkylation sites (tertiary alicyclic amines) is 1. The topological polar surface area (TPSA) is 66.8 Å². The predicted molar refractivity (Wildman–Crippen MR) is 117 cm³/mol. The summed E-state index contributed by atoms with van der Waals surface area (Å²) >= 11 is 0. The molecule has 2 aliphatic rings. The molecule has 5 nitrogen and oxygen atoms in total. The van der Waals surface area contributed by atoms with Gasteiger partial charge in [-0.3, -0.25) is 9.59 Å². The molecule has 0 bridgehead atoms. The maximum Gasteiger partial charge on any atom is 0.305 e. The van der Waals surface area contributed by atoms with Gasteiger partial charge < -0.3 is 14.7 Å². The molecule has 1 N–H and O–H groups in total. The molecule has 5 heteroatoms.